The minimum absolute atomic E-state index is 0.890. The van der Waals surface area contributed by atoms with Gasteiger partial charge in [0.15, 0.2) is 0 Å². The summed E-state index contributed by atoms with van der Waals surface area (Å²) in [6.07, 6.45) is 0. The van der Waals surface area contributed by atoms with Crippen LogP contribution >= 0.6 is 0 Å². The minimum atomic E-state index is 0.890. The second kappa shape index (κ2) is 4.77. The Morgan fingerprint density at radius 3 is 2.32 bits per heavy atom. The highest BCUT2D eigenvalue weighted by molar-refractivity contribution is 5.87. The van der Waals surface area contributed by atoms with Gasteiger partial charge in [-0.3, -0.25) is 0 Å². The van der Waals surface area contributed by atoms with E-state index in [9.17, 15) is 0 Å². The van der Waals surface area contributed by atoms with Gasteiger partial charge in [-0.05, 0) is 47.0 Å². The van der Waals surface area contributed by atoms with Crippen LogP contribution in [-0.2, 0) is 0 Å². The molecule has 0 saturated carbocycles. The van der Waals surface area contributed by atoms with Gasteiger partial charge in [0.2, 0.25) is 0 Å². The Labute approximate surface area is 113 Å². The third-order valence-electron chi connectivity index (χ3n) is 3.40. The molecule has 0 amide bonds. The van der Waals surface area contributed by atoms with E-state index in [1.54, 1.807) is 7.11 Å². The molecule has 3 rings (SSSR count). The molecule has 0 heterocycles. The van der Waals surface area contributed by atoms with Gasteiger partial charge < -0.3 is 4.74 Å². The van der Waals surface area contributed by atoms with Crippen molar-refractivity contribution in [2.75, 3.05) is 7.11 Å². The predicted octanol–water partition coefficient (Wildman–Crippen LogP) is 4.82. The van der Waals surface area contributed by atoms with Gasteiger partial charge in [0.25, 0.3) is 0 Å². The Hall–Kier alpha value is -2.28. The van der Waals surface area contributed by atoms with Crippen LogP contribution in [0.1, 0.15) is 5.56 Å². The lowest BCUT2D eigenvalue weighted by molar-refractivity contribution is 0.415. The van der Waals surface area contributed by atoms with Crippen molar-refractivity contribution in [3.8, 4) is 16.9 Å². The maximum Gasteiger partial charge on any atom is 0.119 e. The summed E-state index contributed by atoms with van der Waals surface area (Å²) in [5.74, 6) is 0.890. The summed E-state index contributed by atoms with van der Waals surface area (Å²) in [4.78, 5) is 0. The van der Waals surface area contributed by atoms with Crippen LogP contribution in [0.25, 0.3) is 21.9 Å². The highest BCUT2D eigenvalue weighted by Gasteiger charge is 2.01. The number of methoxy groups -OCH3 is 1. The highest BCUT2D eigenvalue weighted by atomic mass is 16.5. The van der Waals surface area contributed by atoms with Crippen molar-refractivity contribution in [3.05, 3.63) is 66.2 Å². The Balaban J connectivity index is 2.12. The molecule has 0 aliphatic heterocycles. The minimum Gasteiger partial charge on any atom is -0.497 e. The van der Waals surface area contributed by atoms with Gasteiger partial charge in [-0.25, -0.2) is 0 Å². The highest BCUT2D eigenvalue weighted by Crippen LogP contribution is 2.27. The summed E-state index contributed by atoms with van der Waals surface area (Å²) >= 11 is 0. The second-order valence-electron chi connectivity index (χ2n) is 4.80. The third kappa shape index (κ3) is 2.32. The average Bonchev–Trinajstić information content (AvgIpc) is 2.46. The lowest BCUT2D eigenvalue weighted by atomic mass is 10.00. The molecule has 0 atom stereocenters. The summed E-state index contributed by atoms with van der Waals surface area (Å²) in [5, 5.41) is 2.55. The van der Waals surface area contributed by atoms with Gasteiger partial charge in [0.05, 0.1) is 7.11 Å². The summed E-state index contributed by atoms with van der Waals surface area (Å²) in [5.41, 5.74) is 3.69. The molecule has 1 heteroatoms. The first-order chi connectivity index (χ1) is 9.26. The van der Waals surface area contributed by atoms with Gasteiger partial charge in [-0.15, -0.1) is 0 Å². The lowest BCUT2D eigenvalue weighted by Crippen LogP contribution is -1.84. The summed E-state index contributed by atoms with van der Waals surface area (Å²) in [6.45, 7) is 2.12. The van der Waals surface area contributed by atoms with Crippen molar-refractivity contribution in [3.63, 3.8) is 0 Å². The van der Waals surface area contributed by atoms with Crippen LogP contribution in [-0.4, -0.2) is 7.11 Å². The molecule has 1 nitrogen and oxygen atoms in total. The van der Waals surface area contributed by atoms with E-state index in [4.69, 9.17) is 4.74 Å². The van der Waals surface area contributed by atoms with E-state index in [2.05, 4.69) is 55.5 Å². The van der Waals surface area contributed by atoms with Gasteiger partial charge in [0, 0.05) is 0 Å². The molecule has 0 bridgehead atoms. The van der Waals surface area contributed by atoms with E-state index in [1.807, 2.05) is 12.1 Å². The van der Waals surface area contributed by atoms with E-state index in [-0.39, 0.29) is 0 Å². The molecule has 0 radical (unpaired) electrons. The fraction of sp³-hybridized carbons (Fsp3) is 0.111. The quantitative estimate of drug-likeness (QED) is 0.631. The largest absolute Gasteiger partial charge is 0.497 e. The predicted molar refractivity (Wildman–Crippen MR) is 80.7 cm³/mol. The van der Waals surface area contributed by atoms with Gasteiger partial charge in [0.1, 0.15) is 5.75 Å². The van der Waals surface area contributed by atoms with Gasteiger partial charge in [-0.2, -0.15) is 0 Å². The number of rotatable bonds is 2. The summed E-state index contributed by atoms with van der Waals surface area (Å²) < 4.78 is 5.28. The normalized spacial score (nSPS) is 10.6. The number of ether oxygens (including phenoxy) is 1. The zero-order valence-electron chi connectivity index (χ0n) is 11.2. The molecular formula is C18H16O. The van der Waals surface area contributed by atoms with E-state index >= 15 is 0 Å². The Morgan fingerprint density at radius 2 is 1.47 bits per heavy atom. The van der Waals surface area contributed by atoms with E-state index in [1.165, 1.54) is 27.5 Å². The molecule has 0 unspecified atom stereocenters. The van der Waals surface area contributed by atoms with Crippen LogP contribution in [0.3, 0.4) is 0 Å². The van der Waals surface area contributed by atoms with E-state index < -0.39 is 0 Å². The molecule has 0 N–H and O–H groups in total. The molecule has 0 spiro atoms. The summed E-state index contributed by atoms with van der Waals surface area (Å²) in [6, 6.07) is 21.3. The number of benzene rings is 3. The molecule has 0 aromatic heterocycles. The molecule has 19 heavy (non-hydrogen) atoms. The molecule has 0 fully saturated rings. The van der Waals surface area contributed by atoms with Crippen molar-refractivity contribution in [1.29, 1.82) is 0 Å². The molecule has 0 aliphatic rings. The van der Waals surface area contributed by atoms with Crippen molar-refractivity contribution < 1.29 is 4.74 Å². The van der Waals surface area contributed by atoms with E-state index in [0.717, 1.165) is 5.75 Å². The fourth-order valence-corrected chi connectivity index (χ4v) is 2.35. The maximum atomic E-state index is 5.28. The van der Waals surface area contributed by atoms with Gasteiger partial charge in [-0.1, -0.05) is 48.0 Å². The van der Waals surface area contributed by atoms with E-state index in [0.29, 0.717) is 0 Å². The SMILES string of the molecule is COc1cccc(-c2ccc3cc(C)ccc3c2)c1. The first kappa shape index (κ1) is 11.8. The van der Waals surface area contributed by atoms with Crippen LogP contribution in [0, 0.1) is 6.92 Å². The Morgan fingerprint density at radius 1 is 0.737 bits per heavy atom. The van der Waals surface area contributed by atoms with Crippen LogP contribution < -0.4 is 4.74 Å². The van der Waals surface area contributed by atoms with Gasteiger partial charge >= 0.3 is 0 Å². The first-order valence-electron chi connectivity index (χ1n) is 6.41. The molecule has 94 valence electrons. The number of hydrogen-bond acceptors (Lipinski definition) is 1. The standard InChI is InChI=1S/C18H16O/c1-13-6-7-16-11-17(9-8-15(16)10-13)14-4-3-5-18(12-14)19-2/h3-12H,1-2H3. The second-order valence-corrected chi connectivity index (χ2v) is 4.80. The molecule has 3 aromatic rings. The topological polar surface area (TPSA) is 9.23 Å². The lowest BCUT2D eigenvalue weighted by Gasteiger charge is -2.07. The smallest absolute Gasteiger partial charge is 0.119 e. The van der Waals surface area contributed by atoms with Crippen molar-refractivity contribution in [1.82, 2.24) is 0 Å². The summed E-state index contributed by atoms with van der Waals surface area (Å²) in [7, 11) is 1.70. The van der Waals surface area contributed by atoms with Crippen molar-refractivity contribution in [2.24, 2.45) is 0 Å². The zero-order chi connectivity index (χ0) is 13.2. The van der Waals surface area contributed by atoms with Crippen LogP contribution in [0.15, 0.2) is 60.7 Å². The van der Waals surface area contributed by atoms with Crippen LogP contribution in [0.4, 0.5) is 0 Å². The van der Waals surface area contributed by atoms with Crippen molar-refractivity contribution >= 4 is 10.8 Å². The van der Waals surface area contributed by atoms with Crippen LogP contribution in [0.2, 0.25) is 0 Å². The molecule has 0 saturated heterocycles. The molecule has 3 aromatic carbocycles. The molecule has 0 aliphatic carbocycles. The third-order valence-corrected chi connectivity index (χ3v) is 3.40. The number of hydrogen-bond donors (Lipinski definition) is 0. The Bertz CT molecular complexity index is 729. The fourth-order valence-electron chi connectivity index (χ4n) is 2.35. The Kier molecular flexibility index (Phi) is 2.96. The average molecular weight is 248 g/mol. The number of aryl methyl sites for hydroxylation is 1. The zero-order valence-corrected chi connectivity index (χ0v) is 11.2. The number of fused-ring (bicyclic) bond motifs is 1. The monoisotopic (exact) mass is 248 g/mol. The molecular weight excluding hydrogens is 232 g/mol. The maximum absolute atomic E-state index is 5.28. The van der Waals surface area contributed by atoms with Crippen molar-refractivity contribution in [2.45, 2.75) is 6.92 Å². The van der Waals surface area contributed by atoms with Crippen LogP contribution in [0.5, 0.6) is 5.75 Å². The first-order valence-corrected chi connectivity index (χ1v) is 6.41.